The molecule has 0 unspecified atom stereocenters. The third kappa shape index (κ3) is 2.68. The van der Waals surface area contributed by atoms with Crippen molar-refractivity contribution < 1.29 is 0 Å². The van der Waals surface area contributed by atoms with Gasteiger partial charge in [0.15, 0.2) is 5.69 Å². The molecule has 0 bridgehead atoms. The normalized spacial score (nSPS) is 17.1. The van der Waals surface area contributed by atoms with Gasteiger partial charge in [0.2, 0.25) is 0 Å². The zero-order valence-electron chi connectivity index (χ0n) is 11.8. The lowest BCUT2D eigenvalue weighted by Crippen LogP contribution is -2.40. The maximum absolute atomic E-state index is 7.10. The molecule has 2 nitrogen and oxygen atoms in total. The Morgan fingerprint density at radius 2 is 1.43 bits per heavy atom. The van der Waals surface area contributed by atoms with Crippen LogP contribution in [0.15, 0.2) is 48.5 Å². The minimum Gasteiger partial charge on any atom is -0.317 e. The van der Waals surface area contributed by atoms with Crippen molar-refractivity contribution in [2.45, 2.75) is 18.3 Å². The van der Waals surface area contributed by atoms with E-state index in [2.05, 4.69) is 34.4 Å². The van der Waals surface area contributed by atoms with E-state index < -0.39 is 0 Å². The summed E-state index contributed by atoms with van der Waals surface area (Å²) in [6, 6.07) is 16.2. The lowest BCUT2D eigenvalue weighted by molar-refractivity contribution is 0.362. The van der Waals surface area contributed by atoms with Crippen LogP contribution in [-0.4, -0.2) is 13.1 Å². The second kappa shape index (κ2) is 5.89. The van der Waals surface area contributed by atoms with Gasteiger partial charge in [-0.15, -0.1) is 0 Å². The van der Waals surface area contributed by atoms with E-state index in [1.807, 2.05) is 24.3 Å². The highest BCUT2D eigenvalue weighted by atomic mass is 35.5. The number of nitrogens with one attached hydrogen (secondary N) is 1. The molecule has 1 heterocycles. The Hall–Kier alpha value is -1.82. The van der Waals surface area contributed by atoms with Crippen LogP contribution < -0.4 is 5.32 Å². The van der Waals surface area contributed by atoms with Gasteiger partial charge in [-0.25, -0.2) is 4.85 Å². The summed E-state index contributed by atoms with van der Waals surface area (Å²) >= 11 is 6.04. The number of halogens is 1. The largest absolute Gasteiger partial charge is 0.317 e. The summed E-state index contributed by atoms with van der Waals surface area (Å²) in [5, 5.41) is 4.21. The van der Waals surface area contributed by atoms with Crippen LogP contribution in [0.4, 0.5) is 5.69 Å². The second-order valence-corrected chi connectivity index (χ2v) is 5.93. The minimum absolute atomic E-state index is 0.0242. The van der Waals surface area contributed by atoms with E-state index in [-0.39, 0.29) is 5.41 Å². The van der Waals surface area contributed by atoms with Crippen molar-refractivity contribution in [2.24, 2.45) is 0 Å². The molecule has 3 rings (SSSR count). The molecule has 0 atom stereocenters. The summed E-state index contributed by atoms with van der Waals surface area (Å²) in [5.74, 6) is 0. The lowest BCUT2D eigenvalue weighted by Gasteiger charge is -2.39. The summed E-state index contributed by atoms with van der Waals surface area (Å²) in [6.07, 6.45) is 2.12. The SMILES string of the molecule is [C-]#[N+]c1ccc(C2(c3ccc(Cl)cc3)CCNCC2)cc1. The fourth-order valence-electron chi connectivity index (χ4n) is 3.22. The van der Waals surface area contributed by atoms with E-state index in [9.17, 15) is 0 Å². The highest BCUT2D eigenvalue weighted by molar-refractivity contribution is 6.30. The van der Waals surface area contributed by atoms with Crippen molar-refractivity contribution in [3.63, 3.8) is 0 Å². The van der Waals surface area contributed by atoms with E-state index in [4.69, 9.17) is 18.2 Å². The number of rotatable bonds is 2. The Balaban J connectivity index is 2.07. The maximum Gasteiger partial charge on any atom is 0.187 e. The van der Waals surface area contributed by atoms with Gasteiger partial charge in [0.1, 0.15) is 0 Å². The zero-order valence-corrected chi connectivity index (χ0v) is 12.5. The molecular formula is C18H17ClN2. The molecule has 1 N–H and O–H groups in total. The van der Waals surface area contributed by atoms with Gasteiger partial charge < -0.3 is 5.32 Å². The van der Waals surface area contributed by atoms with Gasteiger partial charge in [-0.1, -0.05) is 48.0 Å². The monoisotopic (exact) mass is 296 g/mol. The van der Waals surface area contributed by atoms with E-state index in [1.54, 1.807) is 0 Å². The molecule has 0 aliphatic carbocycles. The molecule has 0 radical (unpaired) electrons. The number of nitrogens with zero attached hydrogens (tertiary/aromatic N) is 1. The summed E-state index contributed by atoms with van der Waals surface area (Å²) in [4.78, 5) is 3.48. The predicted molar refractivity (Wildman–Crippen MR) is 87.0 cm³/mol. The van der Waals surface area contributed by atoms with Gasteiger partial charge in [0, 0.05) is 10.4 Å². The molecule has 0 aromatic heterocycles. The van der Waals surface area contributed by atoms with Gasteiger partial charge in [-0.3, -0.25) is 0 Å². The molecule has 21 heavy (non-hydrogen) atoms. The first-order valence-corrected chi connectivity index (χ1v) is 7.57. The molecule has 1 fully saturated rings. The first-order chi connectivity index (χ1) is 10.2. The van der Waals surface area contributed by atoms with Gasteiger partial charge in [-0.2, -0.15) is 0 Å². The van der Waals surface area contributed by atoms with Gasteiger partial charge in [0.05, 0.1) is 6.57 Å². The number of piperidine rings is 1. The summed E-state index contributed by atoms with van der Waals surface area (Å²) in [5.41, 5.74) is 3.32. The van der Waals surface area contributed by atoms with Crippen molar-refractivity contribution in [3.8, 4) is 0 Å². The van der Waals surface area contributed by atoms with Crippen molar-refractivity contribution in [1.29, 1.82) is 0 Å². The smallest absolute Gasteiger partial charge is 0.187 e. The van der Waals surface area contributed by atoms with Crippen LogP contribution in [0.25, 0.3) is 4.85 Å². The fourth-order valence-corrected chi connectivity index (χ4v) is 3.35. The van der Waals surface area contributed by atoms with Crippen LogP contribution in [0.3, 0.4) is 0 Å². The first-order valence-electron chi connectivity index (χ1n) is 7.19. The van der Waals surface area contributed by atoms with Crippen molar-refractivity contribution >= 4 is 17.3 Å². The Bertz CT molecular complexity index is 647. The summed E-state index contributed by atoms with van der Waals surface area (Å²) < 4.78 is 0. The van der Waals surface area contributed by atoms with E-state index in [0.717, 1.165) is 31.0 Å². The minimum atomic E-state index is 0.0242. The molecule has 0 spiro atoms. The van der Waals surface area contributed by atoms with E-state index in [0.29, 0.717) is 5.69 Å². The summed E-state index contributed by atoms with van der Waals surface area (Å²) in [7, 11) is 0. The molecule has 106 valence electrons. The molecule has 1 saturated heterocycles. The molecule has 1 aliphatic rings. The van der Waals surface area contributed by atoms with Crippen LogP contribution in [0.1, 0.15) is 24.0 Å². The van der Waals surface area contributed by atoms with Crippen molar-refractivity contribution in [2.75, 3.05) is 13.1 Å². The van der Waals surface area contributed by atoms with E-state index in [1.165, 1.54) is 11.1 Å². The van der Waals surface area contributed by atoms with Crippen LogP contribution in [0.2, 0.25) is 5.02 Å². The van der Waals surface area contributed by atoms with Gasteiger partial charge >= 0.3 is 0 Å². The standard InChI is InChI=1S/C18H17ClN2/c1-20-17-8-4-15(5-9-17)18(10-12-21-13-11-18)14-2-6-16(19)7-3-14/h2-9,21H,10-13H2. The van der Waals surface area contributed by atoms with Crippen molar-refractivity contribution in [3.05, 3.63) is 76.1 Å². The van der Waals surface area contributed by atoms with Gasteiger partial charge in [0.25, 0.3) is 0 Å². The fraction of sp³-hybridized carbons (Fsp3) is 0.278. The first kappa shape index (κ1) is 14.1. The molecule has 2 aromatic rings. The molecule has 0 amide bonds. The van der Waals surface area contributed by atoms with E-state index >= 15 is 0 Å². The zero-order chi connectivity index (χ0) is 14.7. The lowest BCUT2D eigenvalue weighted by atomic mass is 9.68. The Morgan fingerprint density at radius 1 is 0.905 bits per heavy atom. The highest BCUT2D eigenvalue weighted by Gasteiger charge is 2.35. The number of hydrogen-bond acceptors (Lipinski definition) is 1. The highest BCUT2D eigenvalue weighted by Crippen LogP contribution is 2.41. The molecule has 2 aromatic carbocycles. The molecule has 3 heteroatoms. The number of hydrogen-bond donors (Lipinski definition) is 1. The quantitative estimate of drug-likeness (QED) is 0.804. The summed E-state index contributed by atoms with van der Waals surface area (Å²) in [6.45, 7) is 9.11. The molecular weight excluding hydrogens is 280 g/mol. The van der Waals surface area contributed by atoms with Gasteiger partial charge in [-0.05, 0) is 49.2 Å². The number of benzene rings is 2. The Kier molecular flexibility index (Phi) is 3.96. The topological polar surface area (TPSA) is 16.4 Å². The maximum atomic E-state index is 7.10. The molecule has 1 aliphatic heterocycles. The van der Waals surface area contributed by atoms with Crippen LogP contribution in [-0.2, 0) is 5.41 Å². The Morgan fingerprint density at radius 3 is 1.95 bits per heavy atom. The van der Waals surface area contributed by atoms with Crippen LogP contribution in [0, 0.1) is 6.57 Å². The Labute approximate surface area is 130 Å². The average Bonchev–Trinajstić information content (AvgIpc) is 2.56. The second-order valence-electron chi connectivity index (χ2n) is 5.50. The van der Waals surface area contributed by atoms with Crippen LogP contribution >= 0.6 is 11.6 Å². The predicted octanol–water partition coefficient (Wildman–Crippen LogP) is 4.56. The third-order valence-corrected chi connectivity index (χ3v) is 4.65. The van der Waals surface area contributed by atoms with Crippen molar-refractivity contribution in [1.82, 2.24) is 5.32 Å². The average molecular weight is 297 g/mol. The van der Waals surface area contributed by atoms with Crippen LogP contribution in [0.5, 0.6) is 0 Å². The molecule has 0 saturated carbocycles. The third-order valence-electron chi connectivity index (χ3n) is 4.40.